The van der Waals surface area contributed by atoms with Gasteiger partial charge in [0.25, 0.3) is 11.7 Å². The zero-order chi connectivity index (χ0) is 15.7. The number of fused-ring (bicyclic) bond motifs is 1. The van der Waals surface area contributed by atoms with Gasteiger partial charge in [-0.2, -0.15) is 0 Å². The Morgan fingerprint density at radius 1 is 1.14 bits per heavy atom. The molecule has 1 aromatic heterocycles. The van der Waals surface area contributed by atoms with Crippen LogP contribution < -0.4 is 5.32 Å². The predicted octanol–water partition coefficient (Wildman–Crippen LogP) is 3.95. The number of benzene rings is 2. The summed E-state index contributed by atoms with van der Waals surface area (Å²) in [5.74, 6) is -1.25. The lowest BCUT2D eigenvalue weighted by Gasteiger charge is -2.06. The van der Waals surface area contributed by atoms with Crippen molar-refractivity contribution in [2.45, 2.75) is 6.92 Å². The Morgan fingerprint density at radius 2 is 1.91 bits per heavy atom. The molecular weight excluding hydrogens is 300 g/mol. The zero-order valence-corrected chi connectivity index (χ0v) is 12.6. The first-order valence-corrected chi connectivity index (χ1v) is 7.12. The number of halogens is 1. The number of rotatable bonds is 3. The van der Waals surface area contributed by atoms with Crippen LogP contribution >= 0.6 is 11.6 Å². The monoisotopic (exact) mass is 312 g/mol. The first kappa shape index (κ1) is 14.4. The number of nitrogens with one attached hydrogen (secondary N) is 2. The van der Waals surface area contributed by atoms with E-state index in [9.17, 15) is 9.59 Å². The first-order valence-electron chi connectivity index (χ1n) is 6.74. The lowest BCUT2D eigenvalue weighted by Crippen LogP contribution is -2.23. The highest BCUT2D eigenvalue weighted by Crippen LogP contribution is 2.23. The lowest BCUT2D eigenvalue weighted by atomic mass is 10.1. The van der Waals surface area contributed by atoms with Gasteiger partial charge in [-0.3, -0.25) is 9.59 Å². The molecule has 5 heteroatoms. The highest BCUT2D eigenvalue weighted by Gasteiger charge is 2.20. The number of ketones is 1. The van der Waals surface area contributed by atoms with Gasteiger partial charge in [-0.05, 0) is 30.7 Å². The zero-order valence-electron chi connectivity index (χ0n) is 11.8. The van der Waals surface area contributed by atoms with Crippen molar-refractivity contribution < 1.29 is 9.59 Å². The Balaban J connectivity index is 1.89. The number of para-hydroxylation sites is 1. The van der Waals surface area contributed by atoms with Crippen LogP contribution in [0.2, 0.25) is 5.02 Å². The van der Waals surface area contributed by atoms with Gasteiger partial charge in [0, 0.05) is 27.8 Å². The van der Waals surface area contributed by atoms with Crippen LogP contribution in [0.25, 0.3) is 10.9 Å². The predicted molar refractivity (Wildman–Crippen MR) is 87.4 cm³/mol. The van der Waals surface area contributed by atoms with E-state index in [-0.39, 0.29) is 0 Å². The largest absolute Gasteiger partial charge is 0.360 e. The van der Waals surface area contributed by atoms with E-state index in [1.807, 2.05) is 19.1 Å². The standard InChI is InChI=1S/C17H13ClN2O2/c1-10-4-2-3-5-14(10)20-17(22)16(21)13-9-19-15-8-11(18)6-7-12(13)15/h2-9,19H,1H3,(H,20,22). The molecule has 22 heavy (non-hydrogen) atoms. The van der Waals surface area contributed by atoms with Crippen molar-refractivity contribution in [2.24, 2.45) is 0 Å². The van der Waals surface area contributed by atoms with Crippen LogP contribution in [0, 0.1) is 6.92 Å². The topological polar surface area (TPSA) is 62.0 Å². The maximum atomic E-state index is 12.4. The third-order valence-electron chi connectivity index (χ3n) is 3.49. The number of H-pyrrole nitrogens is 1. The molecule has 0 unspecified atom stereocenters. The SMILES string of the molecule is Cc1ccccc1NC(=O)C(=O)c1c[nH]c2cc(Cl)ccc12. The van der Waals surface area contributed by atoms with Crippen LogP contribution in [-0.2, 0) is 4.79 Å². The van der Waals surface area contributed by atoms with Crippen molar-refractivity contribution >= 4 is 39.9 Å². The summed E-state index contributed by atoms with van der Waals surface area (Å²) in [6.45, 7) is 1.87. The maximum absolute atomic E-state index is 12.4. The van der Waals surface area contributed by atoms with Gasteiger partial charge in [0.1, 0.15) is 0 Å². The van der Waals surface area contributed by atoms with Crippen LogP contribution in [0.3, 0.4) is 0 Å². The summed E-state index contributed by atoms with van der Waals surface area (Å²) < 4.78 is 0. The van der Waals surface area contributed by atoms with E-state index in [4.69, 9.17) is 11.6 Å². The van der Waals surface area contributed by atoms with Crippen molar-refractivity contribution in [3.63, 3.8) is 0 Å². The second-order valence-corrected chi connectivity index (χ2v) is 5.43. The molecule has 0 radical (unpaired) electrons. The van der Waals surface area contributed by atoms with E-state index >= 15 is 0 Å². The number of amides is 1. The van der Waals surface area contributed by atoms with Crippen molar-refractivity contribution in [3.05, 3.63) is 64.8 Å². The van der Waals surface area contributed by atoms with E-state index < -0.39 is 11.7 Å². The van der Waals surface area contributed by atoms with Crippen molar-refractivity contribution in [2.75, 3.05) is 5.32 Å². The normalized spacial score (nSPS) is 10.6. The van der Waals surface area contributed by atoms with Gasteiger partial charge in [-0.15, -0.1) is 0 Å². The van der Waals surface area contributed by atoms with Gasteiger partial charge in [0.05, 0.1) is 5.56 Å². The summed E-state index contributed by atoms with van der Waals surface area (Å²) >= 11 is 5.91. The quantitative estimate of drug-likeness (QED) is 0.568. The fraction of sp³-hybridized carbons (Fsp3) is 0.0588. The molecule has 0 aliphatic heterocycles. The summed E-state index contributed by atoms with van der Waals surface area (Å²) in [6, 6.07) is 12.4. The summed E-state index contributed by atoms with van der Waals surface area (Å²) in [7, 11) is 0. The fourth-order valence-corrected chi connectivity index (χ4v) is 2.47. The Morgan fingerprint density at radius 3 is 2.68 bits per heavy atom. The molecule has 3 rings (SSSR count). The molecule has 0 bridgehead atoms. The Labute approximate surface area is 132 Å². The number of aromatic amines is 1. The Bertz CT molecular complexity index is 883. The summed E-state index contributed by atoms with van der Waals surface area (Å²) in [6.07, 6.45) is 1.53. The van der Waals surface area contributed by atoms with Gasteiger partial charge >= 0.3 is 0 Å². The van der Waals surface area contributed by atoms with Gasteiger partial charge in [-0.25, -0.2) is 0 Å². The van der Waals surface area contributed by atoms with Crippen molar-refractivity contribution in [3.8, 4) is 0 Å². The highest BCUT2D eigenvalue weighted by atomic mass is 35.5. The van der Waals surface area contributed by atoms with Crippen LogP contribution in [-0.4, -0.2) is 16.7 Å². The van der Waals surface area contributed by atoms with Gasteiger partial charge < -0.3 is 10.3 Å². The molecule has 0 saturated carbocycles. The van der Waals surface area contributed by atoms with E-state index in [0.717, 1.165) is 11.1 Å². The summed E-state index contributed by atoms with van der Waals surface area (Å²) in [5, 5.41) is 3.89. The molecule has 1 amide bonds. The van der Waals surface area contributed by atoms with Gasteiger partial charge in [0.2, 0.25) is 0 Å². The highest BCUT2D eigenvalue weighted by molar-refractivity contribution is 6.48. The van der Waals surface area contributed by atoms with E-state index in [2.05, 4.69) is 10.3 Å². The smallest absolute Gasteiger partial charge is 0.296 e. The molecule has 0 saturated heterocycles. The molecule has 110 valence electrons. The number of carbonyl (C=O) groups excluding carboxylic acids is 2. The van der Waals surface area contributed by atoms with Crippen LogP contribution in [0.15, 0.2) is 48.7 Å². The molecule has 4 nitrogen and oxygen atoms in total. The third kappa shape index (κ3) is 2.61. The van der Waals surface area contributed by atoms with Crippen molar-refractivity contribution in [1.29, 1.82) is 0 Å². The van der Waals surface area contributed by atoms with Crippen LogP contribution in [0.4, 0.5) is 5.69 Å². The van der Waals surface area contributed by atoms with Gasteiger partial charge in [-0.1, -0.05) is 35.9 Å². The molecule has 1 heterocycles. The van der Waals surface area contributed by atoms with E-state index in [1.54, 1.807) is 30.3 Å². The number of hydrogen-bond acceptors (Lipinski definition) is 2. The number of aromatic nitrogens is 1. The average molecular weight is 313 g/mol. The molecule has 3 aromatic rings. The van der Waals surface area contributed by atoms with Crippen LogP contribution in [0.5, 0.6) is 0 Å². The minimum Gasteiger partial charge on any atom is -0.360 e. The molecule has 0 spiro atoms. The van der Waals surface area contributed by atoms with E-state index in [0.29, 0.717) is 21.7 Å². The number of aryl methyl sites for hydroxylation is 1. The Kier molecular flexibility index (Phi) is 3.69. The summed E-state index contributed by atoms with van der Waals surface area (Å²) in [5.41, 5.74) is 2.58. The number of hydrogen-bond donors (Lipinski definition) is 2. The molecule has 2 aromatic carbocycles. The van der Waals surface area contributed by atoms with Crippen LogP contribution in [0.1, 0.15) is 15.9 Å². The lowest BCUT2D eigenvalue weighted by molar-refractivity contribution is -0.112. The molecule has 0 aliphatic rings. The number of anilines is 1. The fourth-order valence-electron chi connectivity index (χ4n) is 2.30. The second-order valence-electron chi connectivity index (χ2n) is 4.99. The summed E-state index contributed by atoms with van der Waals surface area (Å²) in [4.78, 5) is 27.5. The molecular formula is C17H13ClN2O2. The Hall–Kier alpha value is -2.59. The molecule has 0 fully saturated rings. The number of Topliss-reactive ketones (excluding diaryl/α,β-unsaturated/α-hetero) is 1. The maximum Gasteiger partial charge on any atom is 0.296 e. The third-order valence-corrected chi connectivity index (χ3v) is 3.72. The molecule has 0 aliphatic carbocycles. The minimum atomic E-state index is -0.662. The number of carbonyl (C=O) groups is 2. The average Bonchev–Trinajstić information content (AvgIpc) is 2.91. The van der Waals surface area contributed by atoms with Gasteiger partial charge in [0.15, 0.2) is 0 Å². The second kappa shape index (κ2) is 5.66. The minimum absolute atomic E-state index is 0.331. The molecule has 2 N–H and O–H groups in total. The first-order chi connectivity index (χ1) is 10.6. The van der Waals surface area contributed by atoms with Crippen molar-refractivity contribution in [1.82, 2.24) is 4.98 Å². The van der Waals surface area contributed by atoms with E-state index in [1.165, 1.54) is 6.20 Å². The molecule has 0 atom stereocenters.